The first-order valence-electron chi connectivity index (χ1n) is 4.14. The molecule has 6 heteroatoms. The molecule has 1 amide bonds. The molecular weight excluding hydrogens is 220 g/mol. The van der Waals surface area contributed by atoms with E-state index in [-0.39, 0.29) is 0 Å². The van der Waals surface area contributed by atoms with Gasteiger partial charge in [-0.1, -0.05) is 11.6 Å². The van der Waals surface area contributed by atoms with E-state index in [1.807, 2.05) is 0 Å². The summed E-state index contributed by atoms with van der Waals surface area (Å²) in [6.07, 6.45) is -0.567. The number of amides is 1. The summed E-state index contributed by atoms with van der Waals surface area (Å²) < 4.78 is 0. The Morgan fingerprint density at radius 3 is 2.73 bits per heavy atom. The smallest absolute Gasteiger partial charge is 0.312 e. The number of carbonyl (C=O) groups is 2. The third-order valence-electron chi connectivity index (χ3n) is 1.64. The van der Waals surface area contributed by atoms with Crippen LogP contribution in [-0.2, 0) is 9.59 Å². The van der Waals surface area contributed by atoms with Crippen LogP contribution in [0.25, 0.3) is 0 Å². The molecular formula is C9H9ClN2O3. The summed E-state index contributed by atoms with van der Waals surface area (Å²) in [6, 6.07) is 3.09. The highest BCUT2D eigenvalue weighted by atomic mass is 35.5. The average Bonchev–Trinajstić information content (AvgIpc) is 2.08. The molecule has 1 heterocycles. The SMILES string of the molecule is Cc1nc(Cl)ccc1NC(=O)CC(=O)O. The Morgan fingerprint density at radius 1 is 1.53 bits per heavy atom. The molecule has 0 spiro atoms. The van der Waals surface area contributed by atoms with Crippen molar-refractivity contribution in [3.63, 3.8) is 0 Å². The van der Waals surface area contributed by atoms with Crippen molar-refractivity contribution in [1.29, 1.82) is 0 Å². The third kappa shape index (κ3) is 3.55. The molecule has 1 aromatic rings. The van der Waals surface area contributed by atoms with Gasteiger partial charge < -0.3 is 10.4 Å². The van der Waals surface area contributed by atoms with E-state index in [2.05, 4.69) is 10.3 Å². The number of halogens is 1. The number of pyridine rings is 1. The predicted octanol–water partition coefficient (Wildman–Crippen LogP) is 1.46. The first kappa shape index (κ1) is 11.5. The Balaban J connectivity index is 2.72. The van der Waals surface area contributed by atoms with E-state index in [0.29, 0.717) is 16.5 Å². The number of aryl methyl sites for hydroxylation is 1. The van der Waals surface area contributed by atoms with E-state index < -0.39 is 18.3 Å². The molecule has 0 radical (unpaired) electrons. The van der Waals surface area contributed by atoms with Gasteiger partial charge in [0.15, 0.2) is 0 Å². The van der Waals surface area contributed by atoms with Crippen LogP contribution in [0.2, 0.25) is 5.15 Å². The topological polar surface area (TPSA) is 79.3 Å². The van der Waals surface area contributed by atoms with Gasteiger partial charge in [0.1, 0.15) is 11.6 Å². The van der Waals surface area contributed by atoms with Crippen LogP contribution >= 0.6 is 11.6 Å². The molecule has 0 saturated carbocycles. The minimum Gasteiger partial charge on any atom is -0.481 e. The monoisotopic (exact) mass is 228 g/mol. The van der Waals surface area contributed by atoms with E-state index in [0.717, 1.165) is 0 Å². The van der Waals surface area contributed by atoms with Crippen LogP contribution < -0.4 is 5.32 Å². The van der Waals surface area contributed by atoms with Crippen molar-refractivity contribution in [2.24, 2.45) is 0 Å². The van der Waals surface area contributed by atoms with E-state index in [4.69, 9.17) is 16.7 Å². The van der Waals surface area contributed by atoms with Crippen LogP contribution in [0.5, 0.6) is 0 Å². The summed E-state index contributed by atoms with van der Waals surface area (Å²) in [5.41, 5.74) is 1.01. The van der Waals surface area contributed by atoms with Crippen molar-refractivity contribution >= 4 is 29.2 Å². The zero-order valence-electron chi connectivity index (χ0n) is 7.95. The molecule has 5 nitrogen and oxygen atoms in total. The Labute approximate surface area is 91.1 Å². The normalized spacial score (nSPS) is 9.73. The Hall–Kier alpha value is -1.62. The maximum absolute atomic E-state index is 11.1. The van der Waals surface area contributed by atoms with Crippen LogP contribution in [0.4, 0.5) is 5.69 Å². The number of hydrogen-bond donors (Lipinski definition) is 2. The molecule has 15 heavy (non-hydrogen) atoms. The minimum atomic E-state index is -1.17. The number of carboxylic acid groups (broad SMARTS) is 1. The number of aromatic nitrogens is 1. The van der Waals surface area contributed by atoms with Gasteiger partial charge in [-0.3, -0.25) is 9.59 Å². The Bertz CT molecular complexity index is 406. The molecule has 0 aliphatic carbocycles. The standard InChI is InChI=1S/C9H9ClN2O3/c1-5-6(2-3-7(10)11-5)12-8(13)4-9(14)15/h2-3H,4H2,1H3,(H,12,13)(H,14,15). The Morgan fingerprint density at radius 2 is 2.20 bits per heavy atom. The molecule has 1 rings (SSSR count). The van der Waals surface area contributed by atoms with Gasteiger partial charge in [-0.05, 0) is 19.1 Å². The molecule has 0 aromatic carbocycles. The van der Waals surface area contributed by atoms with Gasteiger partial charge in [0.05, 0.1) is 11.4 Å². The predicted molar refractivity (Wildman–Crippen MR) is 54.9 cm³/mol. The van der Waals surface area contributed by atoms with Crippen LogP contribution in [0, 0.1) is 6.92 Å². The molecule has 0 unspecified atom stereocenters. The molecule has 0 bridgehead atoms. The quantitative estimate of drug-likeness (QED) is 0.606. The summed E-state index contributed by atoms with van der Waals surface area (Å²) in [4.78, 5) is 25.3. The number of hydrogen-bond acceptors (Lipinski definition) is 3. The largest absolute Gasteiger partial charge is 0.481 e. The van der Waals surface area contributed by atoms with Gasteiger partial charge in [0.25, 0.3) is 0 Å². The molecule has 0 atom stereocenters. The van der Waals surface area contributed by atoms with Crippen LogP contribution in [-0.4, -0.2) is 22.0 Å². The fourth-order valence-corrected chi connectivity index (χ4v) is 1.18. The Kier molecular flexibility index (Phi) is 3.62. The van der Waals surface area contributed by atoms with E-state index in [1.54, 1.807) is 13.0 Å². The fourth-order valence-electron chi connectivity index (χ4n) is 0.994. The van der Waals surface area contributed by atoms with Gasteiger partial charge in [-0.2, -0.15) is 0 Å². The third-order valence-corrected chi connectivity index (χ3v) is 1.85. The summed E-state index contributed by atoms with van der Waals surface area (Å²) in [7, 11) is 0. The lowest BCUT2D eigenvalue weighted by molar-refractivity contribution is -0.139. The highest BCUT2D eigenvalue weighted by Crippen LogP contribution is 2.15. The molecule has 1 aromatic heterocycles. The summed E-state index contributed by atoms with van der Waals surface area (Å²) in [5.74, 6) is -1.76. The molecule has 0 saturated heterocycles. The van der Waals surface area contributed by atoms with Gasteiger partial charge in [0, 0.05) is 0 Å². The first-order valence-corrected chi connectivity index (χ1v) is 4.51. The second kappa shape index (κ2) is 4.75. The number of anilines is 1. The second-order valence-electron chi connectivity index (χ2n) is 2.89. The van der Waals surface area contributed by atoms with Crippen LogP contribution in [0.3, 0.4) is 0 Å². The lowest BCUT2D eigenvalue weighted by Crippen LogP contribution is -2.16. The number of rotatable bonds is 3. The summed E-state index contributed by atoms with van der Waals surface area (Å²) in [5, 5.41) is 11.1. The number of nitrogens with one attached hydrogen (secondary N) is 1. The lowest BCUT2D eigenvalue weighted by Gasteiger charge is -2.06. The summed E-state index contributed by atoms with van der Waals surface area (Å²) in [6.45, 7) is 1.67. The molecule has 0 aliphatic rings. The highest BCUT2D eigenvalue weighted by Gasteiger charge is 2.09. The molecule has 0 fully saturated rings. The van der Waals surface area contributed by atoms with E-state index >= 15 is 0 Å². The van der Waals surface area contributed by atoms with Crippen molar-refractivity contribution < 1.29 is 14.7 Å². The van der Waals surface area contributed by atoms with E-state index in [9.17, 15) is 9.59 Å². The van der Waals surface area contributed by atoms with Crippen molar-refractivity contribution in [2.45, 2.75) is 13.3 Å². The van der Waals surface area contributed by atoms with Crippen LogP contribution in [0.1, 0.15) is 12.1 Å². The molecule has 80 valence electrons. The number of carbonyl (C=O) groups excluding carboxylic acids is 1. The molecule has 2 N–H and O–H groups in total. The number of carboxylic acids is 1. The van der Waals surface area contributed by atoms with Gasteiger partial charge in [-0.15, -0.1) is 0 Å². The minimum absolute atomic E-state index is 0.323. The van der Waals surface area contributed by atoms with Crippen molar-refractivity contribution in [2.75, 3.05) is 5.32 Å². The highest BCUT2D eigenvalue weighted by molar-refractivity contribution is 6.29. The maximum atomic E-state index is 11.1. The average molecular weight is 229 g/mol. The van der Waals surface area contributed by atoms with Crippen LogP contribution in [0.15, 0.2) is 12.1 Å². The van der Waals surface area contributed by atoms with Gasteiger partial charge in [0.2, 0.25) is 5.91 Å². The zero-order chi connectivity index (χ0) is 11.4. The number of aliphatic carboxylic acids is 1. The zero-order valence-corrected chi connectivity index (χ0v) is 8.71. The fraction of sp³-hybridized carbons (Fsp3) is 0.222. The van der Waals surface area contributed by atoms with Crippen molar-refractivity contribution in [1.82, 2.24) is 4.98 Å². The van der Waals surface area contributed by atoms with Gasteiger partial charge >= 0.3 is 5.97 Å². The maximum Gasteiger partial charge on any atom is 0.312 e. The van der Waals surface area contributed by atoms with Crippen molar-refractivity contribution in [3.05, 3.63) is 23.0 Å². The second-order valence-corrected chi connectivity index (χ2v) is 3.27. The number of nitrogens with zero attached hydrogens (tertiary/aromatic N) is 1. The van der Waals surface area contributed by atoms with E-state index in [1.165, 1.54) is 6.07 Å². The summed E-state index contributed by atoms with van der Waals surface area (Å²) >= 11 is 5.62. The first-order chi connectivity index (χ1) is 6.99. The van der Waals surface area contributed by atoms with Gasteiger partial charge in [-0.25, -0.2) is 4.98 Å². The molecule has 0 aliphatic heterocycles. The van der Waals surface area contributed by atoms with Crippen molar-refractivity contribution in [3.8, 4) is 0 Å². The lowest BCUT2D eigenvalue weighted by atomic mass is 10.3.